The molecule has 6 heteroatoms. The number of sulfone groups is 1. The van der Waals surface area contributed by atoms with Gasteiger partial charge in [-0.15, -0.1) is 0 Å². The summed E-state index contributed by atoms with van der Waals surface area (Å²) in [7, 11) is -3.41. The average Bonchev–Trinajstić information content (AvgIpc) is 2.23. The van der Waals surface area contributed by atoms with Crippen LogP contribution in [0.15, 0.2) is 29.2 Å². The standard InChI is InChI=1S/C13H19NO4S/c1-13(2,3)14(9-12(15)16)10-7-5-6-8-11(10)19(4,17)18/h5-8H,9H2,1-4H3,(H,15,16). The highest BCUT2D eigenvalue weighted by Gasteiger charge is 2.27. The van der Waals surface area contributed by atoms with Crippen molar-refractivity contribution in [2.24, 2.45) is 0 Å². The van der Waals surface area contributed by atoms with E-state index in [4.69, 9.17) is 5.11 Å². The second kappa shape index (κ2) is 5.21. The lowest BCUT2D eigenvalue weighted by Crippen LogP contribution is -2.45. The van der Waals surface area contributed by atoms with Crippen molar-refractivity contribution in [3.05, 3.63) is 24.3 Å². The molecule has 0 aliphatic rings. The first-order chi connectivity index (χ1) is 8.53. The summed E-state index contributed by atoms with van der Waals surface area (Å²) >= 11 is 0. The zero-order valence-corrected chi connectivity index (χ0v) is 12.4. The van der Waals surface area contributed by atoms with Gasteiger partial charge in [-0.2, -0.15) is 0 Å². The Bertz CT molecular complexity index is 573. The van der Waals surface area contributed by atoms with Gasteiger partial charge in [0.2, 0.25) is 0 Å². The quantitative estimate of drug-likeness (QED) is 0.912. The number of carboxylic acids is 1. The van der Waals surface area contributed by atoms with Crippen LogP contribution in [0.25, 0.3) is 0 Å². The number of aliphatic carboxylic acids is 1. The Morgan fingerprint density at radius 3 is 2.21 bits per heavy atom. The zero-order chi connectivity index (χ0) is 14.8. The first-order valence-corrected chi connectivity index (χ1v) is 7.71. The van der Waals surface area contributed by atoms with E-state index >= 15 is 0 Å². The highest BCUT2D eigenvalue weighted by atomic mass is 32.2. The second-order valence-electron chi connectivity index (χ2n) is 5.39. The van der Waals surface area contributed by atoms with Crippen LogP contribution in [0.5, 0.6) is 0 Å². The van der Waals surface area contributed by atoms with Gasteiger partial charge in [-0.25, -0.2) is 8.42 Å². The normalized spacial score (nSPS) is 12.2. The Morgan fingerprint density at radius 1 is 1.26 bits per heavy atom. The Balaban J connectivity index is 3.44. The molecule has 19 heavy (non-hydrogen) atoms. The van der Waals surface area contributed by atoms with E-state index in [1.165, 1.54) is 6.07 Å². The molecule has 1 rings (SSSR count). The number of hydrogen-bond acceptors (Lipinski definition) is 4. The zero-order valence-electron chi connectivity index (χ0n) is 11.5. The van der Waals surface area contributed by atoms with E-state index < -0.39 is 21.3 Å². The largest absolute Gasteiger partial charge is 0.480 e. The predicted molar refractivity (Wildman–Crippen MR) is 74.3 cm³/mol. The fraction of sp³-hybridized carbons (Fsp3) is 0.462. The number of nitrogens with zero attached hydrogens (tertiary/aromatic N) is 1. The molecular weight excluding hydrogens is 266 g/mol. The average molecular weight is 285 g/mol. The molecule has 0 saturated carbocycles. The molecule has 0 heterocycles. The number of benzene rings is 1. The molecule has 0 aliphatic heterocycles. The molecule has 0 radical (unpaired) electrons. The van der Waals surface area contributed by atoms with Crippen LogP contribution in [-0.2, 0) is 14.6 Å². The van der Waals surface area contributed by atoms with Gasteiger partial charge >= 0.3 is 5.97 Å². The van der Waals surface area contributed by atoms with Crippen molar-refractivity contribution in [2.75, 3.05) is 17.7 Å². The fourth-order valence-electron chi connectivity index (χ4n) is 1.81. The van der Waals surface area contributed by atoms with Gasteiger partial charge < -0.3 is 10.0 Å². The van der Waals surface area contributed by atoms with Gasteiger partial charge in [0.1, 0.15) is 6.54 Å². The number of anilines is 1. The lowest BCUT2D eigenvalue weighted by Gasteiger charge is -2.37. The van der Waals surface area contributed by atoms with E-state index in [1.807, 2.05) is 20.8 Å². The summed E-state index contributed by atoms with van der Waals surface area (Å²) in [5.74, 6) is -1.00. The minimum atomic E-state index is -3.41. The first kappa shape index (κ1) is 15.5. The third-order valence-corrected chi connectivity index (χ3v) is 3.80. The lowest BCUT2D eigenvalue weighted by molar-refractivity contribution is -0.135. The van der Waals surface area contributed by atoms with Gasteiger partial charge in [0, 0.05) is 11.8 Å². The van der Waals surface area contributed by atoms with E-state index in [2.05, 4.69) is 0 Å². The van der Waals surface area contributed by atoms with Gasteiger partial charge in [-0.05, 0) is 32.9 Å². The molecule has 5 nitrogen and oxygen atoms in total. The van der Waals surface area contributed by atoms with Gasteiger partial charge in [0.05, 0.1) is 10.6 Å². The summed E-state index contributed by atoms with van der Waals surface area (Å²) < 4.78 is 23.6. The maximum Gasteiger partial charge on any atom is 0.323 e. The Labute approximate surface area is 113 Å². The van der Waals surface area contributed by atoms with Crippen molar-refractivity contribution in [1.82, 2.24) is 0 Å². The molecule has 0 saturated heterocycles. The van der Waals surface area contributed by atoms with Crippen LogP contribution in [0.2, 0.25) is 0 Å². The maximum absolute atomic E-state index is 11.8. The lowest BCUT2D eigenvalue weighted by atomic mass is 10.0. The third kappa shape index (κ3) is 3.96. The van der Waals surface area contributed by atoms with Gasteiger partial charge in [-0.3, -0.25) is 4.79 Å². The minimum absolute atomic E-state index is 0.145. The van der Waals surface area contributed by atoms with Crippen LogP contribution in [0, 0.1) is 0 Å². The van der Waals surface area contributed by atoms with Crippen LogP contribution in [-0.4, -0.2) is 37.8 Å². The van der Waals surface area contributed by atoms with Crippen molar-refractivity contribution < 1.29 is 18.3 Å². The highest BCUT2D eigenvalue weighted by Crippen LogP contribution is 2.30. The maximum atomic E-state index is 11.8. The summed E-state index contributed by atoms with van der Waals surface area (Å²) in [6, 6.07) is 6.45. The molecule has 106 valence electrons. The molecule has 1 N–H and O–H groups in total. The van der Waals surface area contributed by atoms with Crippen molar-refractivity contribution in [2.45, 2.75) is 31.2 Å². The molecular formula is C13H19NO4S. The first-order valence-electron chi connectivity index (χ1n) is 5.82. The molecule has 0 spiro atoms. The van der Waals surface area contributed by atoms with Crippen molar-refractivity contribution >= 4 is 21.5 Å². The number of hydrogen-bond donors (Lipinski definition) is 1. The van der Waals surface area contributed by atoms with Crippen LogP contribution in [0.3, 0.4) is 0 Å². The highest BCUT2D eigenvalue weighted by molar-refractivity contribution is 7.90. The van der Waals surface area contributed by atoms with E-state index in [-0.39, 0.29) is 11.4 Å². The molecule has 0 aliphatic carbocycles. The fourth-order valence-corrected chi connectivity index (χ4v) is 2.70. The minimum Gasteiger partial charge on any atom is -0.480 e. The number of para-hydroxylation sites is 1. The SMILES string of the molecule is CC(C)(C)N(CC(=O)O)c1ccccc1S(C)(=O)=O. The van der Waals surface area contributed by atoms with E-state index in [1.54, 1.807) is 23.1 Å². The number of carboxylic acid groups (broad SMARTS) is 1. The van der Waals surface area contributed by atoms with Crippen LogP contribution >= 0.6 is 0 Å². The molecule has 1 aromatic rings. The van der Waals surface area contributed by atoms with Crippen molar-refractivity contribution in [1.29, 1.82) is 0 Å². The van der Waals surface area contributed by atoms with Crippen molar-refractivity contribution in [3.63, 3.8) is 0 Å². The summed E-state index contributed by atoms with van der Waals surface area (Å²) in [6.07, 6.45) is 1.12. The van der Waals surface area contributed by atoms with Gasteiger partial charge in [-0.1, -0.05) is 12.1 Å². The van der Waals surface area contributed by atoms with Crippen LogP contribution in [0.4, 0.5) is 5.69 Å². The summed E-state index contributed by atoms with van der Waals surface area (Å²) in [5.41, 5.74) is -0.0842. The Morgan fingerprint density at radius 2 is 1.79 bits per heavy atom. The third-order valence-electron chi connectivity index (χ3n) is 2.66. The molecule has 0 bridgehead atoms. The monoisotopic (exact) mass is 285 g/mol. The Hall–Kier alpha value is -1.56. The molecule has 0 aromatic heterocycles. The number of carbonyl (C=O) groups is 1. The molecule has 1 aromatic carbocycles. The van der Waals surface area contributed by atoms with Crippen LogP contribution < -0.4 is 4.90 Å². The molecule has 0 unspecified atom stereocenters. The van der Waals surface area contributed by atoms with Crippen LogP contribution in [0.1, 0.15) is 20.8 Å². The van der Waals surface area contributed by atoms with E-state index in [0.717, 1.165) is 6.26 Å². The van der Waals surface area contributed by atoms with Gasteiger partial charge in [0.15, 0.2) is 9.84 Å². The van der Waals surface area contributed by atoms with Crippen molar-refractivity contribution in [3.8, 4) is 0 Å². The van der Waals surface area contributed by atoms with E-state index in [0.29, 0.717) is 5.69 Å². The number of rotatable bonds is 4. The second-order valence-corrected chi connectivity index (χ2v) is 7.37. The summed E-state index contributed by atoms with van der Waals surface area (Å²) in [4.78, 5) is 12.7. The molecule has 0 amide bonds. The van der Waals surface area contributed by atoms with E-state index in [9.17, 15) is 13.2 Å². The Kier molecular flexibility index (Phi) is 4.25. The predicted octanol–water partition coefficient (Wildman–Crippen LogP) is 1.78. The van der Waals surface area contributed by atoms with Gasteiger partial charge in [0.25, 0.3) is 0 Å². The smallest absolute Gasteiger partial charge is 0.323 e. The summed E-state index contributed by atoms with van der Waals surface area (Å²) in [5, 5.41) is 9.01. The molecule has 0 fully saturated rings. The topological polar surface area (TPSA) is 74.7 Å². The molecule has 0 atom stereocenters. The summed E-state index contributed by atoms with van der Waals surface area (Å²) in [6.45, 7) is 5.27.